The van der Waals surface area contributed by atoms with Crippen molar-refractivity contribution in [3.63, 3.8) is 0 Å². The van der Waals surface area contributed by atoms with Crippen molar-refractivity contribution in [1.82, 2.24) is 0 Å². The number of aliphatic hydroxyl groups excluding tert-OH is 1. The van der Waals surface area contributed by atoms with Gasteiger partial charge in [-0.1, -0.05) is 13.3 Å². The quantitative estimate of drug-likeness (QED) is 0.707. The lowest BCUT2D eigenvalue weighted by Gasteiger charge is -2.33. The average molecular weight is 237 g/mol. The zero-order chi connectivity index (χ0) is 12.3. The minimum Gasteiger partial charge on any atom is -0.391 e. The van der Waals surface area contributed by atoms with Crippen LogP contribution in [0.3, 0.4) is 0 Å². The molecule has 0 heterocycles. The van der Waals surface area contributed by atoms with E-state index in [0.717, 1.165) is 19.1 Å². The maximum atomic E-state index is 11.5. The lowest BCUT2D eigenvalue weighted by Crippen LogP contribution is -2.49. The van der Waals surface area contributed by atoms with E-state index in [-0.39, 0.29) is 5.92 Å². The molecular weight excluding hydrogens is 214 g/mol. The first-order valence-corrected chi connectivity index (χ1v) is 7.15. The molecule has 0 aliphatic carbocycles. The summed E-state index contributed by atoms with van der Waals surface area (Å²) in [5, 5.41) is 10.0. The fourth-order valence-corrected chi connectivity index (χ4v) is 2.19. The second-order valence-electron chi connectivity index (χ2n) is 4.60. The van der Waals surface area contributed by atoms with Crippen LogP contribution in [0.1, 0.15) is 33.6 Å². The smallest absolute Gasteiger partial charge is 0.155 e. The van der Waals surface area contributed by atoms with Crippen molar-refractivity contribution in [3.05, 3.63) is 0 Å². The van der Waals surface area contributed by atoms with E-state index in [9.17, 15) is 13.5 Å². The van der Waals surface area contributed by atoms with Crippen molar-refractivity contribution in [2.45, 2.75) is 44.5 Å². The Balaban J connectivity index is 4.89. The Morgan fingerprint density at radius 2 is 1.87 bits per heavy atom. The molecule has 0 aliphatic rings. The molecule has 4 nitrogen and oxygen atoms in total. The fourth-order valence-electron chi connectivity index (χ4n) is 1.56. The van der Waals surface area contributed by atoms with Crippen LogP contribution < -0.4 is 5.73 Å². The number of rotatable bonds is 6. The first-order chi connectivity index (χ1) is 6.68. The monoisotopic (exact) mass is 237 g/mol. The maximum absolute atomic E-state index is 11.5. The highest BCUT2D eigenvalue weighted by Crippen LogP contribution is 2.27. The fraction of sp³-hybridized carbons (Fsp3) is 1.00. The largest absolute Gasteiger partial charge is 0.391 e. The number of hydrogen-bond donors (Lipinski definition) is 2. The van der Waals surface area contributed by atoms with Crippen LogP contribution in [0.5, 0.6) is 0 Å². The van der Waals surface area contributed by atoms with Crippen LogP contribution in [0, 0.1) is 5.92 Å². The summed E-state index contributed by atoms with van der Waals surface area (Å²) in [5.41, 5.74) is 5.54. The predicted octanol–water partition coefficient (Wildman–Crippen LogP) is 0.546. The number of hydrogen-bond acceptors (Lipinski definition) is 4. The van der Waals surface area contributed by atoms with E-state index in [1.54, 1.807) is 13.8 Å². The van der Waals surface area contributed by atoms with Gasteiger partial charge in [-0.2, -0.15) is 0 Å². The molecule has 0 saturated carbocycles. The van der Waals surface area contributed by atoms with Gasteiger partial charge in [0.15, 0.2) is 9.84 Å². The molecule has 3 N–H and O–H groups in total. The molecule has 0 saturated heterocycles. The minimum atomic E-state index is -3.28. The van der Waals surface area contributed by atoms with E-state index in [4.69, 9.17) is 5.73 Å². The minimum absolute atomic E-state index is 0.153. The molecule has 0 radical (unpaired) electrons. The Bertz CT molecular complexity index is 285. The van der Waals surface area contributed by atoms with Gasteiger partial charge in [-0.15, -0.1) is 0 Å². The molecule has 0 aromatic carbocycles. The molecule has 0 aromatic heterocycles. The number of nitrogens with two attached hydrogens (primary N) is 1. The van der Waals surface area contributed by atoms with Gasteiger partial charge in [0.1, 0.15) is 0 Å². The molecular formula is C10H23NO3S. The highest BCUT2D eigenvalue weighted by atomic mass is 32.2. The Hall–Kier alpha value is -0.130. The van der Waals surface area contributed by atoms with Crippen LogP contribution in [0.15, 0.2) is 0 Å². The third-order valence-electron chi connectivity index (χ3n) is 3.08. The van der Waals surface area contributed by atoms with Crippen LogP contribution in [-0.2, 0) is 9.84 Å². The number of sulfone groups is 1. The molecule has 2 unspecified atom stereocenters. The van der Waals surface area contributed by atoms with Crippen LogP contribution >= 0.6 is 0 Å². The Morgan fingerprint density at radius 1 is 1.40 bits per heavy atom. The zero-order valence-corrected chi connectivity index (χ0v) is 10.8. The lowest BCUT2D eigenvalue weighted by molar-refractivity contribution is 0.0748. The Morgan fingerprint density at radius 3 is 2.13 bits per heavy atom. The molecule has 0 aliphatic heterocycles. The molecule has 2 atom stereocenters. The van der Waals surface area contributed by atoms with Crippen molar-refractivity contribution in [2.24, 2.45) is 11.7 Å². The predicted molar refractivity (Wildman–Crippen MR) is 62.4 cm³/mol. The first kappa shape index (κ1) is 14.9. The second kappa shape index (κ2) is 5.27. The molecule has 0 amide bonds. The normalized spacial score (nSPS) is 17.5. The van der Waals surface area contributed by atoms with E-state index >= 15 is 0 Å². The van der Waals surface area contributed by atoms with Gasteiger partial charge >= 0.3 is 0 Å². The summed E-state index contributed by atoms with van der Waals surface area (Å²) in [5.74, 6) is -0.153. The molecule has 0 aromatic rings. The van der Waals surface area contributed by atoms with Crippen LogP contribution in [0.2, 0.25) is 0 Å². The van der Waals surface area contributed by atoms with Gasteiger partial charge in [0.2, 0.25) is 0 Å². The van der Waals surface area contributed by atoms with Gasteiger partial charge in [0.05, 0.1) is 10.9 Å². The molecule has 0 spiro atoms. The molecule has 0 fully saturated rings. The zero-order valence-electron chi connectivity index (χ0n) is 10.0. The van der Waals surface area contributed by atoms with Crippen LogP contribution in [0.4, 0.5) is 0 Å². The van der Waals surface area contributed by atoms with E-state index in [2.05, 4.69) is 0 Å². The third kappa shape index (κ3) is 3.43. The molecule has 92 valence electrons. The Labute approximate surface area is 92.8 Å². The van der Waals surface area contributed by atoms with E-state index in [0.29, 0.717) is 6.54 Å². The van der Waals surface area contributed by atoms with Crippen molar-refractivity contribution in [2.75, 3.05) is 12.8 Å². The van der Waals surface area contributed by atoms with Gasteiger partial charge < -0.3 is 10.8 Å². The van der Waals surface area contributed by atoms with Gasteiger partial charge in [-0.25, -0.2) is 8.42 Å². The molecule has 0 rings (SSSR count). The lowest BCUT2D eigenvalue weighted by atomic mass is 9.89. The highest BCUT2D eigenvalue weighted by Gasteiger charge is 2.41. The maximum Gasteiger partial charge on any atom is 0.155 e. The summed E-state index contributed by atoms with van der Waals surface area (Å²) in [6.45, 7) is 5.40. The van der Waals surface area contributed by atoms with Crippen molar-refractivity contribution < 1.29 is 13.5 Å². The van der Waals surface area contributed by atoms with Crippen molar-refractivity contribution in [1.29, 1.82) is 0 Å². The third-order valence-corrected chi connectivity index (χ3v) is 5.23. The summed E-state index contributed by atoms with van der Waals surface area (Å²) in [7, 11) is -3.28. The summed E-state index contributed by atoms with van der Waals surface area (Å²) in [4.78, 5) is 0. The van der Waals surface area contributed by atoms with Gasteiger partial charge in [0, 0.05) is 6.26 Å². The van der Waals surface area contributed by atoms with E-state index < -0.39 is 20.7 Å². The molecule has 0 bridgehead atoms. The van der Waals surface area contributed by atoms with Gasteiger partial charge in [-0.05, 0) is 32.7 Å². The average Bonchev–Trinajstić information content (AvgIpc) is 2.11. The molecule has 15 heavy (non-hydrogen) atoms. The second-order valence-corrected chi connectivity index (χ2v) is 7.20. The highest BCUT2D eigenvalue weighted by molar-refractivity contribution is 7.92. The van der Waals surface area contributed by atoms with Gasteiger partial charge in [-0.3, -0.25) is 0 Å². The van der Waals surface area contributed by atoms with Crippen LogP contribution in [-0.4, -0.2) is 37.2 Å². The van der Waals surface area contributed by atoms with E-state index in [1.807, 2.05) is 6.92 Å². The standard InChI is InChI=1S/C10H23NO3S/c1-5-6-8(7-11)9(12)10(2,3)15(4,13)14/h8-9,12H,5-7,11H2,1-4H3. The van der Waals surface area contributed by atoms with Gasteiger partial charge in [0.25, 0.3) is 0 Å². The SMILES string of the molecule is CCCC(CN)C(O)C(C)(C)S(C)(=O)=O. The van der Waals surface area contributed by atoms with E-state index in [1.165, 1.54) is 0 Å². The number of aliphatic hydroxyl groups is 1. The topological polar surface area (TPSA) is 80.4 Å². The summed E-state index contributed by atoms with van der Waals surface area (Å²) in [6.07, 6.45) is 1.88. The summed E-state index contributed by atoms with van der Waals surface area (Å²) < 4.78 is 21.9. The molecule has 5 heteroatoms. The first-order valence-electron chi connectivity index (χ1n) is 5.26. The Kier molecular flexibility index (Phi) is 5.23. The summed E-state index contributed by atoms with van der Waals surface area (Å²) in [6, 6.07) is 0. The van der Waals surface area contributed by atoms with Crippen molar-refractivity contribution >= 4 is 9.84 Å². The summed E-state index contributed by atoms with van der Waals surface area (Å²) >= 11 is 0. The van der Waals surface area contributed by atoms with Crippen LogP contribution in [0.25, 0.3) is 0 Å². The van der Waals surface area contributed by atoms with Crippen molar-refractivity contribution in [3.8, 4) is 0 Å².